The van der Waals surface area contributed by atoms with Gasteiger partial charge in [0, 0.05) is 18.6 Å². The van der Waals surface area contributed by atoms with Crippen molar-refractivity contribution >= 4 is 5.97 Å². The molecular weight excluding hydrogens is 216 g/mol. The van der Waals surface area contributed by atoms with E-state index in [4.69, 9.17) is 0 Å². The first kappa shape index (κ1) is 16.4. The van der Waals surface area contributed by atoms with Gasteiger partial charge in [-0.2, -0.15) is 0 Å². The third-order valence-corrected chi connectivity index (χ3v) is 3.99. The number of nitrogens with zero attached hydrogens (tertiary/aromatic N) is 1. The van der Waals surface area contributed by atoms with Crippen LogP contribution in [-0.2, 0) is 4.79 Å². The van der Waals surface area contributed by atoms with Gasteiger partial charge >= 0.3 is 5.97 Å². The Kier molecular flexibility index (Phi) is 6.13. The lowest BCUT2D eigenvalue weighted by atomic mass is 9.74. The van der Waals surface area contributed by atoms with E-state index in [9.17, 15) is 9.90 Å². The summed E-state index contributed by atoms with van der Waals surface area (Å²) >= 11 is 0. The highest BCUT2D eigenvalue weighted by atomic mass is 16.4. The maximum atomic E-state index is 11.2. The van der Waals surface area contributed by atoms with E-state index >= 15 is 0 Å². The molecule has 0 aliphatic heterocycles. The maximum absolute atomic E-state index is 11.2. The summed E-state index contributed by atoms with van der Waals surface area (Å²) < 4.78 is 0. The molecule has 4 heteroatoms. The lowest BCUT2D eigenvalue weighted by Gasteiger charge is -2.39. The molecule has 0 bridgehead atoms. The summed E-state index contributed by atoms with van der Waals surface area (Å²) in [6.45, 7) is 15.5. The first-order chi connectivity index (χ1) is 7.69. The number of hydrogen-bond acceptors (Lipinski definition) is 3. The van der Waals surface area contributed by atoms with Crippen molar-refractivity contribution in [2.24, 2.45) is 5.41 Å². The van der Waals surface area contributed by atoms with Gasteiger partial charge in [-0.3, -0.25) is 4.79 Å². The number of carbonyl (C=O) groups is 1. The van der Waals surface area contributed by atoms with Gasteiger partial charge in [0.25, 0.3) is 0 Å². The number of aliphatic carboxylic acids is 1. The Hall–Kier alpha value is -0.610. The molecule has 0 aromatic carbocycles. The van der Waals surface area contributed by atoms with Gasteiger partial charge < -0.3 is 15.3 Å². The molecule has 0 aromatic rings. The summed E-state index contributed by atoms with van der Waals surface area (Å²) in [4.78, 5) is 13.5. The monoisotopic (exact) mass is 244 g/mol. The summed E-state index contributed by atoms with van der Waals surface area (Å²) in [6.07, 6.45) is 0. The highest BCUT2D eigenvalue weighted by Crippen LogP contribution is 2.30. The molecule has 0 aliphatic carbocycles. The Bertz CT molecular complexity index is 246. The molecule has 0 unspecified atom stereocenters. The van der Waals surface area contributed by atoms with Crippen molar-refractivity contribution < 1.29 is 9.90 Å². The van der Waals surface area contributed by atoms with E-state index in [0.29, 0.717) is 0 Å². The highest BCUT2D eigenvalue weighted by molar-refractivity contribution is 5.75. The molecule has 0 fully saturated rings. The van der Waals surface area contributed by atoms with Crippen molar-refractivity contribution in [3.8, 4) is 0 Å². The van der Waals surface area contributed by atoms with E-state index in [2.05, 4.69) is 24.1 Å². The average Bonchev–Trinajstić information content (AvgIpc) is 2.23. The minimum absolute atomic E-state index is 0.425. The van der Waals surface area contributed by atoms with Gasteiger partial charge in [0.2, 0.25) is 0 Å². The zero-order valence-corrected chi connectivity index (χ0v) is 12.1. The topological polar surface area (TPSA) is 52.6 Å². The first-order valence-corrected chi connectivity index (χ1v) is 6.39. The second-order valence-electron chi connectivity index (χ2n) is 5.51. The summed E-state index contributed by atoms with van der Waals surface area (Å²) in [6, 6.07) is 0. The molecule has 0 rings (SSSR count). The zero-order valence-electron chi connectivity index (χ0n) is 12.1. The van der Waals surface area contributed by atoms with Crippen LogP contribution in [0.4, 0.5) is 0 Å². The Labute approximate surface area is 105 Å². The molecule has 102 valence electrons. The summed E-state index contributed by atoms with van der Waals surface area (Å²) in [5, 5.41) is 12.6. The Morgan fingerprint density at radius 2 is 1.65 bits per heavy atom. The largest absolute Gasteiger partial charge is 0.481 e. The van der Waals surface area contributed by atoms with Gasteiger partial charge in [-0.25, -0.2) is 0 Å². The van der Waals surface area contributed by atoms with Crippen molar-refractivity contribution in [1.82, 2.24) is 10.2 Å². The molecule has 0 aromatic heterocycles. The number of carboxylic acid groups (broad SMARTS) is 1. The number of likely N-dealkylation sites (N-methyl/N-ethyl adjacent to an activating group) is 1. The number of carboxylic acids is 1. The fourth-order valence-electron chi connectivity index (χ4n) is 1.55. The second-order valence-corrected chi connectivity index (χ2v) is 5.51. The van der Waals surface area contributed by atoms with Gasteiger partial charge in [0.1, 0.15) is 0 Å². The zero-order chi connectivity index (χ0) is 13.7. The minimum atomic E-state index is -0.781. The van der Waals surface area contributed by atoms with E-state index in [1.165, 1.54) is 0 Å². The van der Waals surface area contributed by atoms with Crippen LogP contribution in [0.2, 0.25) is 0 Å². The molecule has 0 heterocycles. The molecule has 0 saturated carbocycles. The molecule has 0 aliphatic rings. The molecule has 2 N–H and O–H groups in total. The van der Waals surface area contributed by atoms with Crippen molar-refractivity contribution in [1.29, 1.82) is 0 Å². The molecule has 0 spiro atoms. The SMILES string of the molecule is CCN(CC)CCNC(C)(C)C(C)(C)C(=O)O. The van der Waals surface area contributed by atoms with Crippen LogP contribution < -0.4 is 5.32 Å². The van der Waals surface area contributed by atoms with Crippen molar-refractivity contribution in [3.63, 3.8) is 0 Å². The van der Waals surface area contributed by atoms with Crippen LogP contribution in [0.1, 0.15) is 41.5 Å². The molecule has 0 radical (unpaired) electrons. The highest BCUT2D eigenvalue weighted by Gasteiger charge is 2.42. The standard InChI is InChI=1S/C13H28N2O2/c1-7-15(8-2)10-9-14-13(5,6)12(3,4)11(16)17/h14H,7-10H2,1-6H3,(H,16,17). The van der Waals surface area contributed by atoms with Gasteiger partial charge in [0.05, 0.1) is 5.41 Å². The predicted molar refractivity (Wildman–Crippen MR) is 71.3 cm³/mol. The summed E-state index contributed by atoms with van der Waals surface area (Å²) in [7, 11) is 0. The van der Waals surface area contributed by atoms with E-state index < -0.39 is 16.9 Å². The third-order valence-electron chi connectivity index (χ3n) is 3.99. The lowest BCUT2D eigenvalue weighted by molar-refractivity contribution is -0.151. The van der Waals surface area contributed by atoms with Crippen LogP contribution in [0.15, 0.2) is 0 Å². The molecule has 0 atom stereocenters. The maximum Gasteiger partial charge on any atom is 0.310 e. The van der Waals surface area contributed by atoms with Gasteiger partial charge in [-0.1, -0.05) is 13.8 Å². The van der Waals surface area contributed by atoms with Crippen LogP contribution in [-0.4, -0.2) is 47.7 Å². The fraction of sp³-hybridized carbons (Fsp3) is 0.923. The minimum Gasteiger partial charge on any atom is -0.481 e. The quantitative estimate of drug-likeness (QED) is 0.684. The summed E-state index contributed by atoms with van der Waals surface area (Å²) in [5.74, 6) is -0.766. The van der Waals surface area contributed by atoms with Crippen LogP contribution >= 0.6 is 0 Å². The van der Waals surface area contributed by atoms with Crippen molar-refractivity contribution in [3.05, 3.63) is 0 Å². The molecule has 4 nitrogen and oxygen atoms in total. The van der Waals surface area contributed by atoms with E-state index in [1.54, 1.807) is 13.8 Å². The number of nitrogens with one attached hydrogen (secondary N) is 1. The van der Waals surface area contributed by atoms with Gasteiger partial charge in [-0.05, 0) is 40.8 Å². The van der Waals surface area contributed by atoms with Crippen LogP contribution in [0, 0.1) is 5.41 Å². The van der Waals surface area contributed by atoms with E-state index in [1.807, 2.05) is 13.8 Å². The lowest BCUT2D eigenvalue weighted by Crippen LogP contribution is -2.56. The van der Waals surface area contributed by atoms with E-state index in [-0.39, 0.29) is 0 Å². The molecular formula is C13H28N2O2. The van der Waals surface area contributed by atoms with Crippen LogP contribution in [0.5, 0.6) is 0 Å². The predicted octanol–water partition coefficient (Wildman–Crippen LogP) is 1.81. The second kappa shape index (κ2) is 6.36. The average molecular weight is 244 g/mol. The molecule has 0 amide bonds. The first-order valence-electron chi connectivity index (χ1n) is 6.39. The Balaban J connectivity index is 4.32. The smallest absolute Gasteiger partial charge is 0.310 e. The Morgan fingerprint density at radius 3 is 2.00 bits per heavy atom. The number of rotatable bonds is 8. The summed E-state index contributed by atoms with van der Waals surface area (Å²) in [5.41, 5.74) is -1.21. The van der Waals surface area contributed by atoms with Crippen LogP contribution in [0.25, 0.3) is 0 Å². The Morgan fingerprint density at radius 1 is 1.18 bits per heavy atom. The molecule has 17 heavy (non-hydrogen) atoms. The van der Waals surface area contributed by atoms with Gasteiger partial charge in [0.15, 0.2) is 0 Å². The molecule has 0 saturated heterocycles. The fourth-order valence-corrected chi connectivity index (χ4v) is 1.55. The van der Waals surface area contributed by atoms with E-state index in [0.717, 1.165) is 26.2 Å². The van der Waals surface area contributed by atoms with Crippen LogP contribution in [0.3, 0.4) is 0 Å². The normalized spacial score (nSPS) is 13.1. The number of hydrogen-bond donors (Lipinski definition) is 2. The third kappa shape index (κ3) is 4.28. The van der Waals surface area contributed by atoms with Gasteiger partial charge in [-0.15, -0.1) is 0 Å². The van der Waals surface area contributed by atoms with Crippen molar-refractivity contribution in [2.75, 3.05) is 26.2 Å². The van der Waals surface area contributed by atoms with Crippen molar-refractivity contribution in [2.45, 2.75) is 47.1 Å².